The molecule has 21 heteroatoms. The van der Waals surface area contributed by atoms with Crippen LogP contribution in [0.2, 0.25) is 0 Å². The second kappa shape index (κ2) is 19.2. The Labute approximate surface area is 328 Å². The van der Waals surface area contributed by atoms with Crippen molar-refractivity contribution in [2.24, 2.45) is 4.99 Å². The van der Waals surface area contributed by atoms with Gasteiger partial charge in [-0.25, -0.2) is 4.79 Å². The van der Waals surface area contributed by atoms with Gasteiger partial charge < -0.3 is 14.8 Å². The zero-order valence-electron chi connectivity index (χ0n) is 29.0. The van der Waals surface area contributed by atoms with Gasteiger partial charge >= 0.3 is 27.2 Å². The maximum absolute atomic E-state index is 12.2. The fraction of sp³-hybridized carbons (Fsp3) is 0.111. The van der Waals surface area contributed by atoms with E-state index in [2.05, 4.69) is 10.3 Å². The zero-order chi connectivity index (χ0) is 41.9. The number of carboxylic acid groups (broad SMARTS) is 1. The highest BCUT2D eigenvalue weighted by Gasteiger charge is 2.21. The molecule has 0 aromatic heterocycles. The van der Waals surface area contributed by atoms with E-state index in [-0.39, 0.29) is 15.4 Å². The first-order chi connectivity index (χ1) is 26.8. The minimum Gasteiger partial charge on any atom is -0.478 e. The van der Waals surface area contributed by atoms with E-state index < -0.39 is 47.4 Å². The first-order valence-corrected chi connectivity index (χ1v) is 21.0. The van der Waals surface area contributed by atoms with Crippen molar-refractivity contribution < 1.29 is 65.5 Å². The molecule has 57 heavy (non-hydrogen) atoms. The second-order valence-corrected chi connectivity index (χ2v) is 15.3. The maximum atomic E-state index is 12.2. The topological polar surface area (TPSA) is 286 Å². The van der Waals surface area contributed by atoms with Crippen LogP contribution in [0.25, 0.3) is 33.4 Å². The highest BCUT2D eigenvalue weighted by Crippen LogP contribution is 2.41. The van der Waals surface area contributed by atoms with Crippen molar-refractivity contribution in [2.45, 2.75) is 22.6 Å². The van der Waals surface area contributed by atoms with Crippen LogP contribution in [0.15, 0.2) is 128 Å². The molecule has 0 bridgehead atoms. The van der Waals surface area contributed by atoms with Crippen molar-refractivity contribution in [1.82, 2.24) is 0 Å². The number of hydrogen-bond acceptors (Lipinski definition) is 14. The Hall–Kier alpha value is -6.10. The summed E-state index contributed by atoms with van der Waals surface area (Å²) in [5.41, 5.74) is 5.07. The monoisotopic (exact) mass is 858 g/mol. The summed E-state index contributed by atoms with van der Waals surface area (Å²) in [5, 5.41) is 14.7. The van der Waals surface area contributed by atoms with Gasteiger partial charge in [-0.05, 0) is 84.1 Å². The molecule has 0 saturated carbocycles. The Morgan fingerprint density at radius 2 is 1.21 bits per heavy atom. The van der Waals surface area contributed by atoms with E-state index in [1.165, 1.54) is 24.3 Å². The van der Waals surface area contributed by atoms with Crippen molar-refractivity contribution in [3.8, 4) is 22.5 Å². The Balaban J connectivity index is 0.000000824. The molecule has 0 atom stereocenters. The Morgan fingerprint density at radius 1 is 0.667 bits per heavy atom. The van der Waals surface area contributed by atoms with Crippen LogP contribution in [-0.2, 0) is 54.3 Å². The smallest absolute Gasteiger partial charge is 0.425 e. The molecule has 0 radical (unpaired) electrons. The van der Waals surface area contributed by atoms with E-state index in [0.717, 1.165) is 16.8 Å². The number of carboxylic acids is 1. The summed E-state index contributed by atoms with van der Waals surface area (Å²) in [6.45, 7) is 0.909. The molecular formula is C36H30N2O15S4. The molecule has 0 fully saturated rings. The van der Waals surface area contributed by atoms with Crippen LogP contribution in [0.1, 0.15) is 21.5 Å². The van der Waals surface area contributed by atoms with Crippen molar-refractivity contribution in [3.63, 3.8) is 0 Å². The Bertz CT molecular complexity index is 2870. The number of benzene rings is 5. The minimum atomic E-state index is -4.27. The molecule has 2 aliphatic rings. The van der Waals surface area contributed by atoms with Crippen LogP contribution in [0.5, 0.6) is 0 Å². The number of fused-ring (bicyclic) bond motifs is 2. The Morgan fingerprint density at radius 3 is 1.75 bits per heavy atom. The highest BCUT2D eigenvalue weighted by molar-refractivity contribution is 7.86. The molecule has 4 N–H and O–H groups in total. The summed E-state index contributed by atoms with van der Waals surface area (Å²) < 4.78 is 121. The molecule has 4 aromatic carbocycles. The molecule has 4 aromatic rings. The van der Waals surface area contributed by atoms with Gasteiger partial charge in [0.25, 0.3) is 20.2 Å². The second-order valence-electron chi connectivity index (χ2n) is 11.7. The SMILES string of the molecule is O=C(O)c1ccccc1-c1c2ccc(=NCCc3ccc(S(=O)(=O)O)cc3)cc-2oc2cc(NCCc3ccc(S(=O)(=O)O)cc3)ccc12.O=S(=O)=O.O=S(=O)=O. The normalized spacial score (nSPS) is 11.5. The zero-order valence-corrected chi connectivity index (χ0v) is 32.3. The molecule has 0 saturated heterocycles. The number of nitrogens with one attached hydrogen (secondary N) is 1. The molecule has 6 rings (SSSR count). The minimum absolute atomic E-state index is 0.146. The van der Waals surface area contributed by atoms with Crippen molar-refractivity contribution in [3.05, 3.63) is 131 Å². The summed E-state index contributed by atoms with van der Waals surface area (Å²) in [7, 11) is -14.8. The summed E-state index contributed by atoms with van der Waals surface area (Å²) in [6, 6.07) is 29.8. The molecule has 1 aliphatic carbocycles. The van der Waals surface area contributed by atoms with E-state index in [1.54, 1.807) is 54.6 Å². The number of anilines is 1. The van der Waals surface area contributed by atoms with E-state index in [9.17, 15) is 35.8 Å². The van der Waals surface area contributed by atoms with Gasteiger partial charge in [0.2, 0.25) is 0 Å². The third kappa shape index (κ3) is 12.7. The van der Waals surface area contributed by atoms with E-state index >= 15 is 0 Å². The van der Waals surface area contributed by atoms with Crippen LogP contribution >= 0.6 is 0 Å². The average molecular weight is 859 g/mol. The summed E-state index contributed by atoms with van der Waals surface area (Å²) in [5.74, 6) is -0.561. The highest BCUT2D eigenvalue weighted by atomic mass is 32.2. The van der Waals surface area contributed by atoms with Crippen LogP contribution < -0.4 is 10.7 Å². The fourth-order valence-corrected chi connectivity index (χ4v) is 6.55. The van der Waals surface area contributed by atoms with Gasteiger partial charge in [-0.2, -0.15) is 16.8 Å². The van der Waals surface area contributed by atoms with Crippen molar-refractivity contribution >= 4 is 64.1 Å². The first-order valence-electron chi connectivity index (χ1n) is 16.1. The number of aromatic carboxylic acids is 1. The maximum Gasteiger partial charge on any atom is 0.425 e. The molecular weight excluding hydrogens is 829 g/mol. The van der Waals surface area contributed by atoms with Crippen LogP contribution in [0.3, 0.4) is 0 Å². The molecule has 0 unspecified atom stereocenters. The molecule has 0 spiro atoms. The van der Waals surface area contributed by atoms with Crippen LogP contribution in [0.4, 0.5) is 5.69 Å². The van der Waals surface area contributed by atoms with E-state index in [1.807, 2.05) is 30.3 Å². The predicted octanol–water partition coefficient (Wildman–Crippen LogP) is 4.19. The summed E-state index contributed by atoms with van der Waals surface area (Å²) in [4.78, 5) is 16.6. The van der Waals surface area contributed by atoms with Gasteiger partial charge in [-0.1, -0.05) is 42.5 Å². The van der Waals surface area contributed by atoms with Gasteiger partial charge in [0.05, 0.1) is 20.7 Å². The van der Waals surface area contributed by atoms with E-state index in [0.29, 0.717) is 64.7 Å². The third-order valence-corrected chi connectivity index (χ3v) is 9.75. The molecule has 1 aliphatic heterocycles. The number of hydrogen-bond donors (Lipinski definition) is 4. The molecule has 0 amide bonds. The van der Waals surface area contributed by atoms with E-state index in [4.69, 9.17) is 29.7 Å². The first kappa shape index (κ1) is 43.6. The van der Waals surface area contributed by atoms with Crippen molar-refractivity contribution in [2.75, 3.05) is 18.4 Å². The number of rotatable bonds is 11. The largest absolute Gasteiger partial charge is 0.478 e. The number of nitrogens with zero attached hydrogens (tertiary/aromatic N) is 1. The Kier molecular flexibility index (Phi) is 14.7. The summed E-state index contributed by atoms with van der Waals surface area (Å²) in [6.07, 6.45) is 1.10. The average Bonchev–Trinajstić information content (AvgIpc) is 3.13. The lowest BCUT2D eigenvalue weighted by molar-refractivity contribution is 0.0697. The van der Waals surface area contributed by atoms with Gasteiger partial charge in [-0.15, -0.1) is 25.3 Å². The molecule has 298 valence electrons. The lowest BCUT2D eigenvalue weighted by atomic mass is 9.90. The van der Waals surface area contributed by atoms with Gasteiger partial charge in [-0.3, -0.25) is 14.1 Å². The van der Waals surface area contributed by atoms with Gasteiger partial charge in [0.15, 0.2) is 0 Å². The quantitative estimate of drug-likeness (QED) is 0.105. The van der Waals surface area contributed by atoms with Gasteiger partial charge in [0.1, 0.15) is 11.3 Å². The fourth-order valence-electron chi connectivity index (χ4n) is 5.59. The summed E-state index contributed by atoms with van der Waals surface area (Å²) >= 11 is 0. The van der Waals surface area contributed by atoms with Crippen LogP contribution in [-0.4, -0.2) is 75.4 Å². The lowest BCUT2D eigenvalue weighted by Crippen LogP contribution is -2.07. The standard InChI is InChI=1S/C36H30N2O9S2.2O3S/c39-36(40)30-4-2-1-3-29(30)35-31-15-9-25(37-19-17-23-5-11-27(12-6-23)48(41,42)43)21-33(31)47-34-22-26(10-16-32(34)35)38-20-18-24-7-13-28(14-8-24)49(44,45)46;2*1-4(2)3/h1-16,21-22,37H,17-20H2,(H,39,40)(H,41,42,43)(H,44,45,46);;. The molecule has 1 heterocycles. The van der Waals surface area contributed by atoms with Gasteiger partial charge in [0, 0.05) is 47.4 Å². The predicted molar refractivity (Wildman–Crippen MR) is 203 cm³/mol. The lowest BCUT2D eigenvalue weighted by Gasteiger charge is -2.17. The van der Waals surface area contributed by atoms with Crippen molar-refractivity contribution in [1.29, 1.82) is 0 Å². The molecule has 17 nitrogen and oxygen atoms in total. The number of carbonyl (C=O) groups is 1. The van der Waals surface area contributed by atoms with Crippen LogP contribution in [0, 0.1) is 0 Å². The third-order valence-electron chi connectivity index (χ3n) is 8.01.